The van der Waals surface area contributed by atoms with Crippen molar-refractivity contribution in [2.75, 3.05) is 5.73 Å². The van der Waals surface area contributed by atoms with Gasteiger partial charge in [-0.25, -0.2) is 0 Å². The van der Waals surface area contributed by atoms with Crippen molar-refractivity contribution in [3.8, 4) is 5.69 Å². The molecule has 0 saturated heterocycles. The molecule has 0 unspecified atom stereocenters. The molecule has 0 aliphatic carbocycles. The third kappa shape index (κ3) is 2.36. The minimum atomic E-state index is 0.529. The van der Waals surface area contributed by atoms with Gasteiger partial charge in [-0.2, -0.15) is 0 Å². The van der Waals surface area contributed by atoms with Crippen molar-refractivity contribution >= 4 is 22.3 Å². The number of nitrogens with zero attached hydrogens (tertiary/aromatic N) is 1. The van der Waals surface area contributed by atoms with E-state index >= 15 is 0 Å². The first-order chi connectivity index (χ1) is 11.7. The van der Waals surface area contributed by atoms with Crippen molar-refractivity contribution in [2.24, 2.45) is 0 Å². The first kappa shape index (κ1) is 14.3. The molecular formula is C21H17N3. The molecule has 3 heteroatoms. The summed E-state index contributed by atoms with van der Waals surface area (Å²) in [5, 5.41) is 9.70. The highest BCUT2D eigenvalue weighted by Gasteiger charge is 2.14. The van der Waals surface area contributed by atoms with E-state index in [1.54, 1.807) is 0 Å². The number of para-hydroxylation sites is 1. The summed E-state index contributed by atoms with van der Waals surface area (Å²) in [6, 6.07) is 25.8. The number of anilines is 1. The summed E-state index contributed by atoms with van der Waals surface area (Å²) in [6.45, 7) is 0. The van der Waals surface area contributed by atoms with Gasteiger partial charge in [-0.15, -0.1) is 0 Å². The van der Waals surface area contributed by atoms with Crippen LogP contribution in [0.4, 0.5) is 5.69 Å². The minimum absolute atomic E-state index is 0.529. The van der Waals surface area contributed by atoms with Crippen molar-refractivity contribution in [3.63, 3.8) is 0 Å². The van der Waals surface area contributed by atoms with Crippen molar-refractivity contribution < 1.29 is 0 Å². The molecule has 3 aromatic carbocycles. The monoisotopic (exact) mass is 311 g/mol. The van der Waals surface area contributed by atoms with Crippen molar-refractivity contribution in [2.45, 2.75) is 0 Å². The van der Waals surface area contributed by atoms with Gasteiger partial charge in [0.2, 0.25) is 0 Å². The zero-order chi connectivity index (χ0) is 16.5. The predicted octanol–water partition coefficient (Wildman–Crippen LogP) is 4.63. The topological polar surface area (TPSA) is 54.8 Å². The van der Waals surface area contributed by atoms with Gasteiger partial charge in [0.1, 0.15) is 0 Å². The molecule has 1 aromatic heterocycles. The zero-order valence-corrected chi connectivity index (χ0v) is 13.1. The maximum atomic E-state index is 8.63. The van der Waals surface area contributed by atoms with Crippen molar-refractivity contribution in [1.82, 2.24) is 4.57 Å². The van der Waals surface area contributed by atoms with E-state index in [-0.39, 0.29) is 0 Å². The zero-order valence-electron chi connectivity index (χ0n) is 13.1. The Kier molecular flexibility index (Phi) is 3.39. The predicted molar refractivity (Wildman–Crippen MR) is 100 cm³/mol. The van der Waals surface area contributed by atoms with Gasteiger partial charge in [0, 0.05) is 34.1 Å². The molecule has 0 atom stereocenters. The molecule has 24 heavy (non-hydrogen) atoms. The fraction of sp³-hybridized carbons (Fsp3) is 0. The molecule has 0 aliphatic heterocycles. The fourth-order valence-electron chi connectivity index (χ4n) is 2.99. The summed E-state index contributed by atoms with van der Waals surface area (Å²) in [4.78, 5) is 0. The Morgan fingerprint density at radius 1 is 0.792 bits per heavy atom. The summed E-state index contributed by atoms with van der Waals surface area (Å²) in [6.07, 6.45) is 2.03. The lowest BCUT2D eigenvalue weighted by Gasteiger charge is -2.05. The van der Waals surface area contributed by atoms with E-state index in [9.17, 15) is 0 Å². The molecule has 116 valence electrons. The molecule has 0 saturated carbocycles. The second-order valence-electron chi connectivity index (χ2n) is 5.76. The van der Waals surface area contributed by atoms with Gasteiger partial charge in [-0.1, -0.05) is 48.5 Å². The number of rotatable bonds is 3. The minimum Gasteiger partial charge on any atom is -0.399 e. The number of fused-ring (bicyclic) bond motifs is 1. The lowest BCUT2D eigenvalue weighted by Crippen LogP contribution is -2.00. The van der Waals surface area contributed by atoms with E-state index in [4.69, 9.17) is 11.1 Å². The van der Waals surface area contributed by atoms with Gasteiger partial charge in [0.15, 0.2) is 0 Å². The third-order valence-electron chi connectivity index (χ3n) is 4.22. The number of hydrogen-bond acceptors (Lipinski definition) is 2. The Bertz CT molecular complexity index is 1010. The van der Waals surface area contributed by atoms with Gasteiger partial charge in [0.25, 0.3) is 0 Å². The van der Waals surface area contributed by atoms with Crippen LogP contribution in [0.15, 0.2) is 85.1 Å². The van der Waals surface area contributed by atoms with E-state index in [0.717, 1.165) is 33.4 Å². The quantitative estimate of drug-likeness (QED) is 0.420. The SMILES string of the molecule is N=C(c1ccccc1)c1cn(-c2ccc(N)cc2)c2ccccc12. The summed E-state index contributed by atoms with van der Waals surface area (Å²) in [7, 11) is 0. The Morgan fingerprint density at radius 2 is 1.46 bits per heavy atom. The van der Waals surface area contributed by atoms with Crippen LogP contribution < -0.4 is 5.73 Å². The maximum absolute atomic E-state index is 8.63. The Labute approximate surface area is 140 Å². The highest BCUT2D eigenvalue weighted by molar-refractivity contribution is 6.18. The first-order valence-corrected chi connectivity index (χ1v) is 7.84. The van der Waals surface area contributed by atoms with Crippen LogP contribution in [0.3, 0.4) is 0 Å². The van der Waals surface area contributed by atoms with Gasteiger partial charge < -0.3 is 10.3 Å². The van der Waals surface area contributed by atoms with Crippen LogP contribution in [0.2, 0.25) is 0 Å². The smallest absolute Gasteiger partial charge is 0.0706 e. The second kappa shape index (κ2) is 5.70. The number of aromatic nitrogens is 1. The molecule has 0 spiro atoms. The highest BCUT2D eigenvalue weighted by Crippen LogP contribution is 2.27. The van der Waals surface area contributed by atoms with Gasteiger partial charge in [-0.3, -0.25) is 5.41 Å². The lowest BCUT2D eigenvalue weighted by molar-refractivity contribution is 1.13. The number of hydrogen-bond donors (Lipinski definition) is 2. The summed E-state index contributed by atoms with van der Waals surface area (Å²) >= 11 is 0. The normalized spacial score (nSPS) is 10.8. The molecule has 3 N–H and O–H groups in total. The van der Waals surface area contributed by atoms with Crippen LogP contribution >= 0.6 is 0 Å². The Morgan fingerprint density at radius 3 is 2.21 bits per heavy atom. The first-order valence-electron chi connectivity index (χ1n) is 7.84. The second-order valence-corrected chi connectivity index (χ2v) is 5.76. The van der Waals surface area contributed by atoms with Crippen LogP contribution in [-0.4, -0.2) is 10.3 Å². The van der Waals surface area contributed by atoms with E-state index in [2.05, 4.69) is 16.7 Å². The van der Waals surface area contributed by atoms with E-state index < -0.39 is 0 Å². The molecule has 4 rings (SSSR count). The summed E-state index contributed by atoms with van der Waals surface area (Å²) < 4.78 is 2.11. The van der Waals surface area contributed by atoms with Crippen molar-refractivity contribution in [3.05, 3.63) is 96.2 Å². The molecule has 0 bridgehead atoms. The van der Waals surface area contributed by atoms with Crippen LogP contribution in [0.1, 0.15) is 11.1 Å². The maximum Gasteiger partial charge on any atom is 0.0706 e. The van der Waals surface area contributed by atoms with E-state index in [1.807, 2.05) is 72.9 Å². The molecule has 0 aliphatic rings. The molecule has 4 aromatic rings. The van der Waals surface area contributed by atoms with E-state index in [0.29, 0.717) is 5.71 Å². The average Bonchev–Trinajstić information content (AvgIpc) is 3.02. The van der Waals surface area contributed by atoms with E-state index in [1.165, 1.54) is 0 Å². The number of benzene rings is 3. The molecule has 0 amide bonds. The highest BCUT2D eigenvalue weighted by atomic mass is 15.0. The van der Waals surface area contributed by atoms with Gasteiger partial charge in [-0.05, 0) is 30.3 Å². The lowest BCUT2D eigenvalue weighted by atomic mass is 10.0. The van der Waals surface area contributed by atoms with Crippen molar-refractivity contribution in [1.29, 1.82) is 5.41 Å². The van der Waals surface area contributed by atoms with Crippen LogP contribution in [-0.2, 0) is 0 Å². The Balaban J connectivity index is 1.92. The van der Waals surface area contributed by atoms with Gasteiger partial charge in [0.05, 0.1) is 11.2 Å². The standard InChI is InChI=1S/C21H17N3/c22-16-10-12-17(13-11-16)24-14-19(18-8-4-5-9-20(18)24)21(23)15-6-2-1-3-7-15/h1-14,23H,22H2. The molecule has 0 fully saturated rings. The summed E-state index contributed by atoms with van der Waals surface area (Å²) in [5.41, 5.74) is 11.0. The summed E-state index contributed by atoms with van der Waals surface area (Å²) in [5.74, 6) is 0. The number of nitrogens with two attached hydrogens (primary N) is 1. The largest absolute Gasteiger partial charge is 0.399 e. The van der Waals surface area contributed by atoms with Gasteiger partial charge >= 0.3 is 0 Å². The fourth-order valence-corrected chi connectivity index (χ4v) is 2.99. The third-order valence-corrected chi connectivity index (χ3v) is 4.22. The average molecular weight is 311 g/mol. The van der Waals surface area contributed by atoms with Crippen LogP contribution in [0, 0.1) is 5.41 Å². The molecule has 1 heterocycles. The number of nitrogens with one attached hydrogen (secondary N) is 1. The van der Waals surface area contributed by atoms with Crippen LogP contribution in [0.25, 0.3) is 16.6 Å². The molecule has 3 nitrogen and oxygen atoms in total. The van der Waals surface area contributed by atoms with Crippen LogP contribution in [0.5, 0.6) is 0 Å². The number of nitrogen functional groups attached to an aromatic ring is 1. The molecule has 0 radical (unpaired) electrons. The molecular weight excluding hydrogens is 294 g/mol. The Hall–Kier alpha value is -3.33.